The van der Waals surface area contributed by atoms with Gasteiger partial charge in [-0.1, -0.05) is 137 Å². The first kappa shape index (κ1) is 37.1. The van der Waals surface area contributed by atoms with Crippen LogP contribution in [0.15, 0.2) is 198 Å². The van der Waals surface area contributed by atoms with E-state index in [1.807, 2.05) is 12.1 Å². The van der Waals surface area contributed by atoms with Crippen LogP contribution in [-0.4, -0.2) is 14.2 Å². The number of allylic oxidation sites excluding steroid dienone is 5. The van der Waals surface area contributed by atoms with Gasteiger partial charge in [0, 0.05) is 33.7 Å². The Bertz CT molecular complexity index is 3210. The van der Waals surface area contributed by atoms with E-state index in [1.54, 1.807) is 0 Å². The molecular weight excluding hydrogens is 777 g/mol. The largest absolute Gasteiger partial charge is 0.310 e. The van der Waals surface area contributed by atoms with Crippen LogP contribution in [0.4, 0.5) is 28.4 Å². The Morgan fingerprint density at radius 3 is 1.65 bits per heavy atom. The average Bonchev–Trinajstić information content (AvgIpc) is 4.10. The predicted octanol–water partition coefficient (Wildman–Crippen LogP) is 13.9. The van der Waals surface area contributed by atoms with E-state index >= 15 is 0 Å². The fraction of sp³-hybridized carbons (Fsp3) is 0.158. The Labute approximate surface area is 364 Å². The molecule has 0 bridgehead atoms. The Morgan fingerprint density at radius 1 is 0.532 bits per heavy atom. The molecule has 0 unspecified atom stereocenters. The summed E-state index contributed by atoms with van der Waals surface area (Å²) >= 11 is 0. The molecule has 0 saturated carbocycles. The van der Waals surface area contributed by atoms with Crippen molar-refractivity contribution in [3.63, 3.8) is 0 Å². The predicted molar refractivity (Wildman–Crippen MR) is 255 cm³/mol. The summed E-state index contributed by atoms with van der Waals surface area (Å²) in [5.74, 6) is 0.541. The lowest BCUT2D eigenvalue weighted by Crippen LogP contribution is -2.34. The first-order chi connectivity index (χ1) is 30.0. The Hall–Kier alpha value is -6.69. The van der Waals surface area contributed by atoms with Crippen LogP contribution >= 0.6 is 0 Å². The molecule has 0 aromatic heterocycles. The van der Waals surface area contributed by atoms with Crippen LogP contribution in [0, 0.1) is 5.92 Å². The van der Waals surface area contributed by atoms with Crippen molar-refractivity contribution in [1.29, 1.82) is 0 Å². The summed E-state index contributed by atoms with van der Waals surface area (Å²) in [6, 6.07) is 56.1. The molecule has 5 heteroatoms. The van der Waals surface area contributed by atoms with E-state index in [-0.39, 0.29) is 16.6 Å². The minimum atomic E-state index is -3.50. The summed E-state index contributed by atoms with van der Waals surface area (Å²) in [6.07, 6.45) is 7.47. The zero-order chi connectivity index (χ0) is 42.1. The first-order valence-electron chi connectivity index (χ1n) is 21.7. The van der Waals surface area contributed by atoms with E-state index in [0.29, 0.717) is 17.2 Å². The molecule has 7 aromatic rings. The zero-order valence-electron chi connectivity index (χ0n) is 35.4. The van der Waals surface area contributed by atoms with Gasteiger partial charge in [0.15, 0.2) is 9.84 Å². The quantitative estimate of drug-likeness (QED) is 0.177. The molecule has 4 nitrogen and oxygen atoms in total. The van der Waals surface area contributed by atoms with Gasteiger partial charge in [-0.15, -0.1) is 0 Å². The second-order valence-corrected chi connectivity index (χ2v) is 20.6. The van der Waals surface area contributed by atoms with Crippen LogP contribution in [-0.2, 0) is 27.1 Å². The monoisotopic (exact) mass is 822 g/mol. The summed E-state index contributed by atoms with van der Waals surface area (Å²) in [6.45, 7) is 9.31. The van der Waals surface area contributed by atoms with Gasteiger partial charge < -0.3 is 9.80 Å². The van der Waals surface area contributed by atoms with Gasteiger partial charge in [0.05, 0.1) is 33.4 Å². The summed E-state index contributed by atoms with van der Waals surface area (Å²) in [5.41, 5.74) is 20.6. The highest BCUT2D eigenvalue weighted by atomic mass is 32.2. The van der Waals surface area contributed by atoms with Crippen molar-refractivity contribution in [3.8, 4) is 33.4 Å². The molecule has 3 heterocycles. The van der Waals surface area contributed by atoms with Gasteiger partial charge in [-0.05, 0) is 134 Å². The Balaban J connectivity index is 0.905. The molecule has 302 valence electrons. The number of hydrogen-bond acceptors (Lipinski definition) is 4. The highest BCUT2D eigenvalue weighted by molar-refractivity contribution is 7.91. The molecule has 3 aliphatic heterocycles. The number of para-hydroxylation sites is 3. The van der Waals surface area contributed by atoms with E-state index in [9.17, 15) is 8.42 Å². The number of aryl methyl sites for hydroxylation is 1. The van der Waals surface area contributed by atoms with E-state index in [0.717, 1.165) is 50.3 Å². The first-order valence-corrected chi connectivity index (χ1v) is 23.4. The van der Waals surface area contributed by atoms with Crippen LogP contribution in [0.2, 0.25) is 0 Å². The van der Waals surface area contributed by atoms with E-state index < -0.39 is 9.84 Å². The molecule has 2 aliphatic carbocycles. The summed E-state index contributed by atoms with van der Waals surface area (Å²) < 4.78 is 27.7. The summed E-state index contributed by atoms with van der Waals surface area (Å²) in [7, 11) is -3.50. The van der Waals surface area contributed by atoms with Gasteiger partial charge in [0.2, 0.25) is 0 Å². The molecule has 0 radical (unpaired) electrons. The number of nitrogens with zero attached hydrogens (tertiary/aromatic N) is 2. The van der Waals surface area contributed by atoms with Gasteiger partial charge in [0.25, 0.3) is 0 Å². The van der Waals surface area contributed by atoms with Crippen molar-refractivity contribution in [3.05, 3.63) is 215 Å². The van der Waals surface area contributed by atoms with Gasteiger partial charge in [0.1, 0.15) is 0 Å². The van der Waals surface area contributed by atoms with Crippen molar-refractivity contribution in [1.82, 2.24) is 0 Å². The van der Waals surface area contributed by atoms with E-state index in [2.05, 4.69) is 201 Å². The lowest BCUT2D eigenvalue weighted by atomic mass is 9.70. The highest BCUT2D eigenvalue weighted by Gasteiger charge is 2.45. The van der Waals surface area contributed by atoms with Crippen molar-refractivity contribution in [2.75, 3.05) is 15.6 Å². The molecule has 0 spiro atoms. The molecule has 0 saturated heterocycles. The van der Waals surface area contributed by atoms with Gasteiger partial charge in [-0.2, -0.15) is 0 Å². The minimum Gasteiger partial charge on any atom is -0.310 e. The molecule has 0 amide bonds. The van der Waals surface area contributed by atoms with E-state index in [1.165, 1.54) is 50.6 Å². The smallest absolute Gasteiger partial charge is 0.179 e. The highest BCUT2D eigenvalue weighted by Crippen LogP contribution is 2.57. The third-order valence-electron chi connectivity index (χ3n) is 14.2. The second-order valence-electron chi connectivity index (χ2n) is 18.5. The maximum Gasteiger partial charge on any atom is 0.179 e. The number of hydrogen-bond donors (Lipinski definition) is 0. The molecule has 0 N–H and O–H groups in total. The van der Waals surface area contributed by atoms with Crippen LogP contribution in [0.1, 0.15) is 49.9 Å². The average molecular weight is 823 g/mol. The standard InChI is InChI=1S/C57H46N2O2S/c1-56(2)47-11-5-8-14-50(47)58(51-15-9-6-12-48(51)56)42-25-19-36(20-26-42)39-18-17-38-31-32-62(60,61)54-30-24-40(34-46(54)44(38)33-39)37-21-27-43(28-22-37)59-52-16-10-7-13-49(52)57(3,4)55-45-35-41(45)23-29-53(55)59/h5-30,33-35,41H,31-32H2,1-4H3/t41-/m0/s1. The lowest BCUT2D eigenvalue weighted by molar-refractivity contribution is 0.596. The third kappa shape index (κ3) is 5.47. The van der Waals surface area contributed by atoms with Crippen LogP contribution in [0.3, 0.4) is 0 Å². The molecule has 62 heavy (non-hydrogen) atoms. The minimum absolute atomic E-state index is 0.0860. The second kappa shape index (κ2) is 13.2. The zero-order valence-corrected chi connectivity index (χ0v) is 36.2. The van der Waals surface area contributed by atoms with Crippen molar-refractivity contribution < 1.29 is 8.42 Å². The van der Waals surface area contributed by atoms with Crippen LogP contribution in [0.5, 0.6) is 0 Å². The van der Waals surface area contributed by atoms with Crippen molar-refractivity contribution in [2.24, 2.45) is 5.92 Å². The fourth-order valence-electron chi connectivity index (χ4n) is 10.9. The maximum absolute atomic E-state index is 13.9. The molecule has 12 rings (SSSR count). The van der Waals surface area contributed by atoms with Gasteiger partial charge in [-0.25, -0.2) is 8.42 Å². The summed E-state index contributed by atoms with van der Waals surface area (Å²) in [5, 5.41) is 0. The van der Waals surface area contributed by atoms with Crippen LogP contribution < -0.4 is 9.80 Å². The lowest BCUT2D eigenvalue weighted by Gasteiger charge is -2.43. The topological polar surface area (TPSA) is 40.6 Å². The van der Waals surface area contributed by atoms with Gasteiger partial charge in [-0.3, -0.25) is 0 Å². The molecule has 5 aliphatic rings. The number of rotatable bonds is 4. The maximum atomic E-state index is 13.9. The fourth-order valence-corrected chi connectivity index (χ4v) is 12.4. The molecule has 0 fully saturated rings. The summed E-state index contributed by atoms with van der Waals surface area (Å²) in [4.78, 5) is 5.18. The number of benzene rings is 7. The number of anilines is 5. The van der Waals surface area contributed by atoms with Crippen LogP contribution in [0.25, 0.3) is 33.4 Å². The van der Waals surface area contributed by atoms with Crippen molar-refractivity contribution >= 4 is 38.3 Å². The number of fused-ring (bicyclic) bond motifs is 8. The Morgan fingerprint density at radius 2 is 1.03 bits per heavy atom. The van der Waals surface area contributed by atoms with E-state index in [4.69, 9.17) is 0 Å². The number of sulfone groups is 1. The molecule has 1 atom stereocenters. The normalized spacial score (nSPS) is 19.1. The SMILES string of the molecule is CC1(C)C2=C(C=C[C@H]3C=C23)N(c2ccc(-c3ccc4c(c3)-c3cc(-c5ccc(N6c7ccccc7C(C)(C)c7ccccc76)cc5)ccc3CCS4(=O)=O)cc2)c2ccccc21. The third-order valence-corrected chi connectivity index (χ3v) is 16.0. The van der Waals surface area contributed by atoms with Gasteiger partial charge >= 0.3 is 0 Å². The Kier molecular flexibility index (Phi) is 7.87. The molecular formula is C57H46N2O2S. The molecule has 7 aromatic carbocycles. The van der Waals surface area contributed by atoms with Crippen molar-refractivity contribution in [2.45, 2.75) is 49.8 Å².